The monoisotopic (exact) mass is 498 g/mol. The molecule has 0 radical (unpaired) electrons. The van der Waals surface area contributed by atoms with E-state index in [4.69, 9.17) is 0 Å². The molecule has 0 heterocycles. The molecule has 0 unspecified atom stereocenters. The SMILES string of the molecule is [CH3][Al]([NH]c1cc(C(F)(F)F)cc(C(F)(F)F)c1)[NH]c1cc(C(F)(F)F)cc(C(F)(F)F)c1. The van der Waals surface area contributed by atoms with Gasteiger partial charge in [0.2, 0.25) is 0 Å². The van der Waals surface area contributed by atoms with Crippen LogP contribution in [0.3, 0.4) is 0 Å². The van der Waals surface area contributed by atoms with Gasteiger partial charge in [0, 0.05) is 11.4 Å². The molecule has 2 aromatic rings. The molecule has 0 saturated carbocycles. The van der Waals surface area contributed by atoms with Crippen molar-refractivity contribution in [1.82, 2.24) is 0 Å². The Kier molecular flexibility index (Phi) is 6.97. The van der Waals surface area contributed by atoms with Gasteiger partial charge in [0.1, 0.15) is 0 Å². The minimum atomic E-state index is -5.13. The van der Waals surface area contributed by atoms with Gasteiger partial charge in [0.25, 0.3) is 0 Å². The summed E-state index contributed by atoms with van der Waals surface area (Å²) in [5, 5.41) is 0. The van der Waals surface area contributed by atoms with E-state index in [2.05, 4.69) is 8.60 Å². The largest absolute Gasteiger partial charge is 0.565 e. The lowest BCUT2D eigenvalue weighted by Gasteiger charge is -2.19. The van der Waals surface area contributed by atoms with E-state index in [0.29, 0.717) is 24.3 Å². The summed E-state index contributed by atoms with van der Waals surface area (Å²) >= 11 is -2.92. The standard InChI is InChI=1S/2C8H4F6N.CH3.Al/c2*9-7(10,11)4-1-5(8(12,13)14)3-6(15)2-4;;/h2*1-3,15H;1H3;/q2*-1;;+2. The molecule has 0 aliphatic heterocycles. The van der Waals surface area contributed by atoms with Gasteiger partial charge in [-0.1, -0.05) is 5.79 Å². The predicted octanol–water partition coefficient (Wildman–Crippen LogP) is 7.40. The van der Waals surface area contributed by atoms with Crippen LogP contribution >= 0.6 is 0 Å². The molecule has 2 N–H and O–H groups in total. The van der Waals surface area contributed by atoms with E-state index in [0.717, 1.165) is 0 Å². The van der Waals surface area contributed by atoms with Gasteiger partial charge in [-0.2, -0.15) is 52.7 Å². The van der Waals surface area contributed by atoms with E-state index in [9.17, 15) is 52.7 Å². The highest BCUT2D eigenvalue weighted by Gasteiger charge is 2.38. The van der Waals surface area contributed by atoms with Crippen LogP contribution in [-0.2, 0) is 24.7 Å². The maximum absolute atomic E-state index is 12.9. The zero-order chi connectivity index (χ0) is 24.7. The number of anilines is 2. The molecule has 0 amide bonds. The lowest BCUT2D eigenvalue weighted by molar-refractivity contribution is -0.144. The van der Waals surface area contributed by atoms with E-state index in [1.807, 2.05) is 0 Å². The fourth-order valence-electron chi connectivity index (χ4n) is 2.61. The van der Waals surface area contributed by atoms with Crippen molar-refractivity contribution in [2.45, 2.75) is 30.5 Å². The molecule has 0 spiro atoms. The smallest absolute Gasteiger partial charge is 0.458 e. The first kappa shape index (κ1) is 26.0. The number of alkyl halides is 12. The molecular weight excluding hydrogens is 487 g/mol. The summed E-state index contributed by atoms with van der Waals surface area (Å²) in [7, 11) is 0. The van der Waals surface area contributed by atoms with Crippen LogP contribution in [0.2, 0.25) is 5.79 Å². The molecule has 0 bridgehead atoms. The van der Waals surface area contributed by atoms with Crippen LogP contribution in [0.5, 0.6) is 0 Å². The van der Waals surface area contributed by atoms with Crippen molar-refractivity contribution in [3.63, 3.8) is 0 Å². The number of hydrogen-bond donors (Lipinski definition) is 2. The zero-order valence-electron chi connectivity index (χ0n) is 15.6. The number of benzene rings is 2. The Morgan fingerprint density at radius 3 is 0.875 bits per heavy atom. The van der Waals surface area contributed by atoms with E-state index in [1.54, 1.807) is 0 Å². The maximum atomic E-state index is 12.9. The normalized spacial score (nSPS) is 13.2. The van der Waals surface area contributed by atoms with Crippen LogP contribution in [-0.4, -0.2) is 14.6 Å². The molecule has 2 nitrogen and oxygen atoms in total. The van der Waals surface area contributed by atoms with Crippen LogP contribution in [0.15, 0.2) is 36.4 Å². The lowest BCUT2D eigenvalue weighted by atomic mass is 10.1. The molecule has 2 rings (SSSR count). The molecule has 32 heavy (non-hydrogen) atoms. The second kappa shape index (κ2) is 8.59. The molecule has 0 atom stereocenters. The Morgan fingerprint density at radius 1 is 0.469 bits per heavy atom. The molecule has 0 saturated heterocycles. The van der Waals surface area contributed by atoms with Crippen LogP contribution in [0.1, 0.15) is 22.3 Å². The van der Waals surface area contributed by atoms with Crippen molar-refractivity contribution in [3.8, 4) is 0 Å². The van der Waals surface area contributed by atoms with Crippen molar-refractivity contribution in [1.29, 1.82) is 0 Å². The fraction of sp³-hybridized carbons (Fsp3) is 0.294. The third-order valence-corrected chi connectivity index (χ3v) is 5.47. The molecule has 0 fully saturated rings. The maximum Gasteiger partial charge on any atom is 0.565 e. The molecule has 0 aliphatic carbocycles. The quantitative estimate of drug-likeness (QED) is 0.339. The van der Waals surface area contributed by atoms with E-state index >= 15 is 0 Å². The van der Waals surface area contributed by atoms with Gasteiger partial charge in [0.15, 0.2) is 0 Å². The van der Waals surface area contributed by atoms with Crippen molar-refractivity contribution in [2.75, 3.05) is 8.60 Å². The Labute approximate surface area is 177 Å². The highest BCUT2D eigenvalue weighted by Crippen LogP contribution is 2.39. The number of hydrogen-bond acceptors (Lipinski definition) is 2. The predicted molar refractivity (Wildman–Crippen MR) is 91.8 cm³/mol. The van der Waals surface area contributed by atoms with Crippen LogP contribution in [0.25, 0.3) is 0 Å². The van der Waals surface area contributed by atoms with Gasteiger partial charge in [-0.15, -0.1) is 0 Å². The molecule has 15 heteroatoms. The number of halogens is 12. The highest BCUT2D eigenvalue weighted by atomic mass is 27.2. The second-order valence-corrected chi connectivity index (χ2v) is 8.62. The summed E-state index contributed by atoms with van der Waals surface area (Å²) in [6.07, 6.45) is -20.5. The summed E-state index contributed by atoms with van der Waals surface area (Å²) in [6.45, 7) is 0. The summed E-state index contributed by atoms with van der Waals surface area (Å²) in [6, 6.07) is 1.18. The summed E-state index contributed by atoms with van der Waals surface area (Å²) in [5.74, 6) is 1.21. The molecule has 2 aromatic carbocycles. The molecular formula is C17H11AlF12N2. The zero-order valence-corrected chi connectivity index (χ0v) is 16.7. The van der Waals surface area contributed by atoms with Crippen molar-refractivity contribution < 1.29 is 52.7 Å². The summed E-state index contributed by atoms with van der Waals surface area (Å²) < 4.78 is 160. The fourth-order valence-corrected chi connectivity index (χ4v) is 4.02. The van der Waals surface area contributed by atoms with Gasteiger partial charge in [-0.3, -0.25) is 0 Å². The van der Waals surface area contributed by atoms with Gasteiger partial charge in [-0.25, -0.2) is 0 Å². The van der Waals surface area contributed by atoms with Gasteiger partial charge >= 0.3 is 39.3 Å². The second-order valence-electron chi connectivity index (χ2n) is 6.60. The average Bonchev–Trinajstić information content (AvgIpc) is 2.58. The molecule has 0 aromatic heterocycles. The topological polar surface area (TPSA) is 24.1 Å². The first-order valence-corrected chi connectivity index (χ1v) is 10.7. The Bertz CT molecular complexity index is 818. The van der Waals surface area contributed by atoms with Crippen LogP contribution < -0.4 is 8.60 Å². The Morgan fingerprint density at radius 2 is 0.688 bits per heavy atom. The van der Waals surface area contributed by atoms with Crippen molar-refractivity contribution >= 4 is 26.0 Å². The van der Waals surface area contributed by atoms with Crippen LogP contribution in [0, 0.1) is 0 Å². The van der Waals surface area contributed by atoms with Gasteiger partial charge in [0.05, 0.1) is 22.3 Å². The van der Waals surface area contributed by atoms with Gasteiger partial charge < -0.3 is 8.60 Å². The number of rotatable bonds is 4. The summed E-state index contributed by atoms with van der Waals surface area (Å²) in [5.41, 5.74) is -7.82. The van der Waals surface area contributed by atoms with Gasteiger partial charge in [-0.05, 0) is 36.4 Å². The van der Waals surface area contributed by atoms with E-state index < -0.39 is 72.9 Å². The average molecular weight is 498 g/mol. The lowest BCUT2D eigenvalue weighted by Crippen LogP contribution is -2.31. The first-order chi connectivity index (χ1) is 14.3. The highest BCUT2D eigenvalue weighted by molar-refractivity contribution is 6.64. The summed E-state index contributed by atoms with van der Waals surface area (Å²) in [4.78, 5) is 0. The number of nitrogens with one attached hydrogen (secondary N) is 2. The minimum absolute atomic E-state index is 0.118. The molecule has 0 aliphatic rings. The third-order valence-electron chi connectivity index (χ3n) is 3.94. The van der Waals surface area contributed by atoms with E-state index in [1.165, 1.54) is 5.79 Å². The first-order valence-electron chi connectivity index (χ1n) is 8.39. The molecule has 176 valence electrons. The third kappa shape index (κ3) is 6.86. The Hall–Kier alpha value is -2.27. The minimum Gasteiger partial charge on any atom is -0.458 e. The van der Waals surface area contributed by atoms with Crippen molar-refractivity contribution in [3.05, 3.63) is 58.7 Å². The Balaban J connectivity index is 2.38. The van der Waals surface area contributed by atoms with E-state index in [-0.39, 0.29) is 12.1 Å². The van der Waals surface area contributed by atoms with Crippen LogP contribution in [0.4, 0.5) is 64.1 Å². The van der Waals surface area contributed by atoms with Crippen molar-refractivity contribution in [2.24, 2.45) is 0 Å².